The van der Waals surface area contributed by atoms with E-state index in [2.05, 4.69) is 45.7 Å². The van der Waals surface area contributed by atoms with Crippen molar-refractivity contribution in [2.45, 2.75) is 40.5 Å². The third-order valence-corrected chi connectivity index (χ3v) is 2.85. The molecule has 0 saturated heterocycles. The Morgan fingerprint density at radius 2 is 1.92 bits per heavy atom. The Labute approximate surface area is 81.2 Å². The minimum absolute atomic E-state index is 0.313. The molecule has 13 heavy (non-hydrogen) atoms. The van der Waals surface area contributed by atoms with E-state index in [0.717, 1.165) is 0 Å². The molecule has 1 atom stereocenters. The van der Waals surface area contributed by atoms with Gasteiger partial charge >= 0.3 is 0 Å². The summed E-state index contributed by atoms with van der Waals surface area (Å²) in [7, 11) is 0. The first-order valence-electron chi connectivity index (χ1n) is 4.83. The summed E-state index contributed by atoms with van der Waals surface area (Å²) in [6, 6.07) is 2.08. The van der Waals surface area contributed by atoms with E-state index in [1.165, 1.54) is 11.1 Å². The molecule has 72 valence electrons. The maximum atomic E-state index is 4.18. The molecule has 0 radical (unpaired) electrons. The Balaban J connectivity index is 3.02. The van der Waals surface area contributed by atoms with Gasteiger partial charge in [0.15, 0.2) is 0 Å². The molecule has 1 unspecified atom stereocenters. The number of aromatic nitrogens is 1. The molecule has 1 nitrogen and oxygen atoms in total. The Hall–Kier alpha value is -0.850. The first kappa shape index (κ1) is 10.2. The van der Waals surface area contributed by atoms with Gasteiger partial charge in [-0.25, -0.2) is 0 Å². The Kier molecular flexibility index (Phi) is 2.74. The van der Waals surface area contributed by atoms with Gasteiger partial charge in [0, 0.05) is 12.4 Å². The molecular formula is C12H19N. The van der Waals surface area contributed by atoms with Crippen molar-refractivity contribution in [3.8, 4) is 0 Å². The average molecular weight is 177 g/mol. The maximum Gasteiger partial charge on any atom is 0.0305 e. The Morgan fingerprint density at radius 3 is 2.38 bits per heavy atom. The highest BCUT2D eigenvalue weighted by atomic mass is 14.6. The number of pyridine rings is 1. The van der Waals surface area contributed by atoms with Crippen molar-refractivity contribution in [3.63, 3.8) is 0 Å². The smallest absolute Gasteiger partial charge is 0.0305 e. The fourth-order valence-electron chi connectivity index (χ4n) is 1.40. The molecule has 1 rings (SSSR count). The number of aryl methyl sites for hydroxylation is 1. The van der Waals surface area contributed by atoms with Crippen LogP contribution in [0.1, 0.15) is 44.7 Å². The van der Waals surface area contributed by atoms with Gasteiger partial charge < -0.3 is 0 Å². The molecule has 0 amide bonds. The van der Waals surface area contributed by atoms with Gasteiger partial charge in [-0.15, -0.1) is 0 Å². The van der Waals surface area contributed by atoms with Crippen LogP contribution in [0.3, 0.4) is 0 Å². The van der Waals surface area contributed by atoms with Crippen LogP contribution in [-0.2, 0) is 0 Å². The van der Waals surface area contributed by atoms with Crippen LogP contribution in [0.25, 0.3) is 0 Å². The standard InChI is InChI=1S/C12H19N/c1-9-6-7-13-8-11(9)10(2)12(3,4)5/h6-8,10H,1-5H3. The summed E-state index contributed by atoms with van der Waals surface area (Å²) in [5, 5.41) is 0. The van der Waals surface area contributed by atoms with Crippen molar-refractivity contribution in [2.75, 3.05) is 0 Å². The van der Waals surface area contributed by atoms with Gasteiger partial charge in [0.1, 0.15) is 0 Å². The maximum absolute atomic E-state index is 4.18. The molecule has 1 heteroatoms. The van der Waals surface area contributed by atoms with Crippen LogP contribution in [-0.4, -0.2) is 4.98 Å². The van der Waals surface area contributed by atoms with E-state index in [-0.39, 0.29) is 0 Å². The third kappa shape index (κ3) is 2.30. The normalized spacial score (nSPS) is 14.2. The fraction of sp³-hybridized carbons (Fsp3) is 0.583. The van der Waals surface area contributed by atoms with Gasteiger partial charge in [0.2, 0.25) is 0 Å². The second-order valence-electron chi connectivity index (χ2n) is 4.82. The molecule has 1 aromatic heterocycles. The number of hydrogen-bond acceptors (Lipinski definition) is 1. The van der Waals surface area contributed by atoms with Crippen molar-refractivity contribution in [3.05, 3.63) is 29.6 Å². The molecule has 0 aliphatic heterocycles. The average Bonchev–Trinajstić information content (AvgIpc) is 2.02. The van der Waals surface area contributed by atoms with Gasteiger partial charge in [-0.05, 0) is 35.4 Å². The predicted octanol–water partition coefficient (Wildman–Crippen LogP) is 3.54. The van der Waals surface area contributed by atoms with Crippen LogP contribution in [0.4, 0.5) is 0 Å². The Morgan fingerprint density at radius 1 is 1.31 bits per heavy atom. The lowest BCUT2D eigenvalue weighted by Crippen LogP contribution is -2.16. The molecule has 0 fully saturated rings. The fourth-order valence-corrected chi connectivity index (χ4v) is 1.40. The molecular weight excluding hydrogens is 158 g/mol. The van der Waals surface area contributed by atoms with E-state index in [9.17, 15) is 0 Å². The van der Waals surface area contributed by atoms with Crippen LogP contribution in [0.5, 0.6) is 0 Å². The SMILES string of the molecule is Cc1ccncc1C(C)C(C)(C)C. The molecule has 1 heterocycles. The van der Waals surface area contributed by atoms with E-state index in [4.69, 9.17) is 0 Å². The summed E-state index contributed by atoms with van der Waals surface area (Å²) < 4.78 is 0. The summed E-state index contributed by atoms with van der Waals surface area (Å²) in [6.07, 6.45) is 3.85. The van der Waals surface area contributed by atoms with Crippen LogP contribution in [0.15, 0.2) is 18.5 Å². The van der Waals surface area contributed by atoms with E-state index >= 15 is 0 Å². The van der Waals surface area contributed by atoms with Crippen molar-refractivity contribution < 1.29 is 0 Å². The quantitative estimate of drug-likeness (QED) is 0.639. The van der Waals surface area contributed by atoms with Crippen LogP contribution in [0.2, 0.25) is 0 Å². The van der Waals surface area contributed by atoms with Crippen molar-refractivity contribution in [2.24, 2.45) is 5.41 Å². The number of hydrogen-bond donors (Lipinski definition) is 0. The van der Waals surface area contributed by atoms with Crippen LogP contribution in [0, 0.1) is 12.3 Å². The van der Waals surface area contributed by atoms with Gasteiger partial charge in [-0.2, -0.15) is 0 Å². The van der Waals surface area contributed by atoms with E-state index in [1.807, 2.05) is 12.4 Å². The predicted molar refractivity (Wildman–Crippen MR) is 56.8 cm³/mol. The highest BCUT2D eigenvalue weighted by Crippen LogP contribution is 2.35. The van der Waals surface area contributed by atoms with Gasteiger partial charge in [-0.1, -0.05) is 27.7 Å². The molecule has 0 bridgehead atoms. The highest BCUT2D eigenvalue weighted by molar-refractivity contribution is 5.26. The van der Waals surface area contributed by atoms with Crippen LogP contribution >= 0.6 is 0 Å². The molecule has 0 N–H and O–H groups in total. The largest absolute Gasteiger partial charge is 0.264 e. The molecule has 1 aromatic rings. The lowest BCUT2D eigenvalue weighted by Gasteiger charge is -2.28. The van der Waals surface area contributed by atoms with Crippen LogP contribution < -0.4 is 0 Å². The van der Waals surface area contributed by atoms with E-state index in [1.54, 1.807) is 0 Å². The minimum Gasteiger partial charge on any atom is -0.264 e. The summed E-state index contributed by atoms with van der Waals surface area (Å²) in [4.78, 5) is 4.18. The summed E-state index contributed by atoms with van der Waals surface area (Å²) in [5.74, 6) is 0.557. The second-order valence-corrected chi connectivity index (χ2v) is 4.82. The topological polar surface area (TPSA) is 12.9 Å². The first-order chi connectivity index (χ1) is 5.93. The summed E-state index contributed by atoms with van der Waals surface area (Å²) in [5.41, 5.74) is 3.03. The minimum atomic E-state index is 0.313. The molecule has 0 aromatic carbocycles. The second kappa shape index (κ2) is 3.49. The zero-order valence-electron chi connectivity index (χ0n) is 9.26. The van der Waals surface area contributed by atoms with Crippen molar-refractivity contribution >= 4 is 0 Å². The van der Waals surface area contributed by atoms with Gasteiger partial charge in [-0.3, -0.25) is 4.98 Å². The number of rotatable bonds is 1. The monoisotopic (exact) mass is 177 g/mol. The van der Waals surface area contributed by atoms with Gasteiger partial charge in [0.25, 0.3) is 0 Å². The van der Waals surface area contributed by atoms with Crippen molar-refractivity contribution in [1.82, 2.24) is 4.98 Å². The lowest BCUT2D eigenvalue weighted by atomic mass is 9.77. The summed E-state index contributed by atoms with van der Waals surface area (Å²) in [6.45, 7) is 11.2. The molecule has 0 aliphatic rings. The van der Waals surface area contributed by atoms with Gasteiger partial charge in [0.05, 0.1) is 0 Å². The zero-order valence-corrected chi connectivity index (χ0v) is 9.26. The van der Waals surface area contributed by atoms with E-state index in [0.29, 0.717) is 11.3 Å². The summed E-state index contributed by atoms with van der Waals surface area (Å²) >= 11 is 0. The molecule has 0 saturated carbocycles. The zero-order chi connectivity index (χ0) is 10.1. The molecule has 0 spiro atoms. The number of nitrogens with zero attached hydrogens (tertiary/aromatic N) is 1. The lowest BCUT2D eigenvalue weighted by molar-refractivity contribution is 0.338. The third-order valence-electron chi connectivity index (χ3n) is 2.85. The molecule has 0 aliphatic carbocycles. The highest BCUT2D eigenvalue weighted by Gasteiger charge is 2.22. The Bertz CT molecular complexity index is 283. The first-order valence-corrected chi connectivity index (χ1v) is 4.83. The van der Waals surface area contributed by atoms with Crippen molar-refractivity contribution in [1.29, 1.82) is 0 Å². The van der Waals surface area contributed by atoms with E-state index < -0.39 is 0 Å².